The van der Waals surface area contributed by atoms with Crippen molar-refractivity contribution in [3.05, 3.63) is 0 Å². The van der Waals surface area contributed by atoms with Crippen molar-refractivity contribution in [3.8, 4) is 0 Å². The van der Waals surface area contributed by atoms with Gasteiger partial charge in [-0.15, -0.1) is 0 Å². The number of hydrogen-bond acceptors (Lipinski definition) is 3. The second-order valence-corrected chi connectivity index (χ2v) is 5.25. The van der Waals surface area contributed by atoms with Gasteiger partial charge in [-0.05, 0) is 12.3 Å². The SMILES string of the molecule is CC1CC1C(=O)N1CCC2(CC1)OCCO2. The van der Waals surface area contributed by atoms with Crippen LogP contribution in [0.1, 0.15) is 26.2 Å². The quantitative estimate of drug-likeness (QED) is 0.668. The van der Waals surface area contributed by atoms with Crippen LogP contribution in [0.15, 0.2) is 0 Å². The van der Waals surface area contributed by atoms with Gasteiger partial charge in [-0.25, -0.2) is 0 Å². The van der Waals surface area contributed by atoms with Crippen LogP contribution in [0.2, 0.25) is 0 Å². The Hall–Kier alpha value is -0.610. The van der Waals surface area contributed by atoms with E-state index in [-0.39, 0.29) is 5.79 Å². The Morgan fingerprint density at radius 3 is 2.31 bits per heavy atom. The van der Waals surface area contributed by atoms with E-state index in [2.05, 4.69) is 6.92 Å². The summed E-state index contributed by atoms with van der Waals surface area (Å²) in [6, 6.07) is 0. The summed E-state index contributed by atoms with van der Waals surface area (Å²) in [7, 11) is 0. The zero-order valence-corrected chi connectivity index (χ0v) is 9.78. The Morgan fingerprint density at radius 2 is 1.81 bits per heavy atom. The molecular weight excluding hydrogens is 206 g/mol. The number of piperidine rings is 1. The van der Waals surface area contributed by atoms with Crippen molar-refractivity contribution < 1.29 is 14.3 Å². The standard InChI is InChI=1S/C12H19NO3/c1-9-8-10(9)11(14)13-4-2-12(3-5-13)15-6-7-16-12/h9-10H,2-8H2,1H3. The minimum Gasteiger partial charge on any atom is -0.347 e. The molecule has 2 atom stereocenters. The van der Waals surface area contributed by atoms with Gasteiger partial charge in [0.05, 0.1) is 13.2 Å². The first-order valence-corrected chi connectivity index (χ1v) is 6.27. The molecule has 0 N–H and O–H groups in total. The van der Waals surface area contributed by atoms with Gasteiger partial charge in [0.2, 0.25) is 5.91 Å². The summed E-state index contributed by atoms with van der Waals surface area (Å²) in [4.78, 5) is 14.0. The third-order valence-electron chi connectivity index (χ3n) is 4.08. The van der Waals surface area contributed by atoms with Crippen LogP contribution in [0.4, 0.5) is 0 Å². The Balaban J connectivity index is 1.56. The molecule has 0 aromatic carbocycles. The van der Waals surface area contributed by atoms with Crippen LogP contribution in [-0.2, 0) is 14.3 Å². The van der Waals surface area contributed by atoms with Crippen LogP contribution in [0.25, 0.3) is 0 Å². The van der Waals surface area contributed by atoms with E-state index < -0.39 is 0 Å². The lowest BCUT2D eigenvalue weighted by molar-refractivity contribution is -0.187. The van der Waals surface area contributed by atoms with Crippen molar-refractivity contribution in [1.82, 2.24) is 4.90 Å². The predicted molar refractivity (Wildman–Crippen MR) is 57.7 cm³/mol. The highest BCUT2D eigenvalue weighted by Crippen LogP contribution is 2.40. The van der Waals surface area contributed by atoms with Gasteiger partial charge in [-0.2, -0.15) is 0 Å². The predicted octanol–water partition coefficient (Wildman–Crippen LogP) is 1.01. The summed E-state index contributed by atoms with van der Waals surface area (Å²) in [5.74, 6) is 0.897. The molecule has 2 unspecified atom stereocenters. The minimum absolute atomic E-state index is 0.305. The molecule has 1 amide bonds. The molecule has 0 bridgehead atoms. The number of carbonyl (C=O) groups excluding carboxylic acids is 1. The van der Waals surface area contributed by atoms with Gasteiger partial charge in [0.25, 0.3) is 0 Å². The first-order chi connectivity index (χ1) is 7.70. The zero-order chi connectivity index (χ0) is 11.2. The van der Waals surface area contributed by atoms with E-state index >= 15 is 0 Å². The summed E-state index contributed by atoms with van der Waals surface area (Å²) in [5, 5.41) is 0. The number of ether oxygens (including phenoxy) is 2. The third kappa shape index (κ3) is 1.74. The van der Waals surface area contributed by atoms with E-state index in [1.165, 1.54) is 0 Å². The molecule has 2 aliphatic heterocycles. The number of likely N-dealkylation sites (tertiary alicyclic amines) is 1. The van der Waals surface area contributed by atoms with E-state index in [0.29, 0.717) is 31.0 Å². The number of amides is 1. The van der Waals surface area contributed by atoms with Gasteiger partial charge >= 0.3 is 0 Å². The molecule has 4 nitrogen and oxygen atoms in total. The monoisotopic (exact) mass is 225 g/mol. The topological polar surface area (TPSA) is 38.8 Å². The smallest absolute Gasteiger partial charge is 0.225 e. The Bertz CT molecular complexity index is 289. The fraction of sp³-hybridized carbons (Fsp3) is 0.917. The lowest BCUT2D eigenvalue weighted by Gasteiger charge is -2.37. The van der Waals surface area contributed by atoms with Gasteiger partial charge in [0, 0.05) is 31.8 Å². The molecule has 1 spiro atoms. The molecule has 0 aromatic heterocycles. The first-order valence-electron chi connectivity index (χ1n) is 6.27. The fourth-order valence-electron chi connectivity index (χ4n) is 2.75. The van der Waals surface area contributed by atoms with Crippen molar-refractivity contribution in [2.75, 3.05) is 26.3 Å². The van der Waals surface area contributed by atoms with Crippen molar-refractivity contribution in [3.63, 3.8) is 0 Å². The molecule has 1 aliphatic carbocycles. The van der Waals surface area contributed by atoms with Gasteiger partial charge < -0.3 is 14.4 Å². The highest BCUT2D eigenvalue weighted by Gasteiger charge is 2.45. The molecule has 16 heavy (non-hydrogen) atoms. The minimum atomic E-state index is -0.355. The van der Waals surface area contributed by atoms with Gasteiger partial charge in [0.1, 0.15) is 0 Å². The van der Waals surface area contributed by atoms with Gasteiger partial charge in [-0.1, -0.05) is 6.92 Å². The molecule has 3 aliphatic rings. The third-order valence-corrected chi connectivity index (χ3v) is 4.08. The molecule has 4 heteroatoms. The molecule has 2 saturated heterocycles. The Labute approximate surface area is 95.9 Å². The van der Waals surface area contributed by atoms with E-state index in [4.69, 9.17) is 9.47 Å². The largest absolute Gasteiger partial charge is 0.347 e. The summed E-state index contributed by atoms with van der Waals surface area (Å²) in [5.41, 5.74) is 0. The maximum Gasteiger partial charge on any atom is 0.225 e. The summed E-state index contributed by atoms with van der Waals surface area (Å²) >= 11 is 0. The number of rotatable bonds is 1. The van der Waals surface area contributed by atoms with Crippen molar-refractivity contribution in [2.24, 2.45) is 11.8 Å². The maximum atomic E-state index is 12.0. The van der Waals surface area contributed by atoms with E-state index in [9.17, 15) is 4.79 Å². The summed E-state index contributed by atoms with van der Waals surface area (Å²) < 4.78 is 11.3. The van der Waals surface area contributed by atoms with Crippen LogP contribution in [0.5, 0.6) is 0 Å². The average Bonchev–Trinajstić information content (AvgIpc) is 2.85. The second-order valence-electron chi connectivity index (χ2n) is 5.25. The van der Waals surface area contributed by atoms with E-state index in [0.717, 1.165) is 32.4 Å². The van der Waals surface area contributed by atoms with Crippen LogP contribution < -0.4 is 0 Å². The molecule has 0 radical (unpaired) electrons. The van der Waals surface area contributed by atoms with Crippen LogP contribution in [-0.4, -0.2) is 42.9 Å². The number of hydrogen-bond donors (Lipinski definition) is 0. The number of carbonyl (C=O) groups is 1. The van der Waals surface area contributed by atoms with E-state index in [1.54, 1.807) is 0 Å². The number of nitrogens with zero attached hydrogens (tertiary/aromatic N) is 1. The lowest BCUT2D eigenvalue weighted by Crippen LogP contribution is -2.47. The van der Waals surface area contributed by atoms with Gasteiger partial charge in [0.15, 0.2) is 5.79 Å². The lowest BCUT2D eigenvalue weighted by atomic mass is 10.0. The second kappa shape index (κ2) is 3.70. The normalized spacial score (nSPS) is 36.7. The van der Waals surface area contributed by atoms with Crippen LogP contribution in [0.3, 0.4) is 0 Å². The van der Waals surface area contributed by atoms with E-state index in [1.807, 2.05) is 4.90 Å². The summed E-state index contributed by atoms with van der Waals surface area (Å²) in [6.45, 7) is 5.14. The fourth-order valence-corrected chi connectivity index (χ4v) is 2.75. The van der Waals surface area contributed by atoms with Crippen molar-refractivity contribution in [1.29, 1.82) is 0 Å². The average molecular weight is 225 g/mol. The molecule has 90 valence electrons. The summed E-state index contributed by atoms with van der Waals surface area (Å²) in [6.07, 6.45) is 2.74. The molecule has 1 saturated carbocycles. The molecule has 3 fully saturated rings. The van der Waals surface area contributed by atoms with Gasteiger partial charge in [-0.3, -0.25) is 4.79 Å². The Morgan fingerprint density at radius 1 is 1.25 bits per heavy atom. The molecule has 0 aromatic rings. The first kappa shape index (κ1) is 10.5. The maximum absolute atomic E-state index is 12.0. The van der Waals surface area contributed by atoms with Crippen LogP contribution >= 0.6 is 0 Å². The Kier molecular flexibility index (Phi) is 2.44. The zero-order valence-electron chi connectivity index (χ0n) is 9.78. The van der Waals surface area contributed by atoms with Crippen molar-refractivity contribution in [2.45, 2.75) is 32.0 Å². The highest BCUT2D eigenvalue weighted by molar-refractivity contribution is 5.81. The molecule has 3 rings (SSSR count). The van der Waals surface area contributed by atoms with Crippen molar-refractivity contribution >= 4 is 5.91 Å². The highest BCUT2D eigenvalue weighted by atomic mass is 16.7. The molecular formula is C12H19NO3. The molecule has 2 heterocycles. The van der Waals surface area contributed by atoms with Crippen LogP contribution in [0, 0.1) is 11.8 Å².